The highest BCUT2D eigenvalue weighted by molar-refractivity contribution is 5.99. The zero-order chi connectivity index (χ0) is 20.8. The van der Waals surface area contributed by atoms with Gasteiger partial charge in [-0.1, -0.05) is 0 Å². The van der Waals surface area contributed by atoms with Gasteiger partial charge in [0, 0.05) is 18.7 Å². The fourth-order valence-electron chi connectivity index (χ4n) is 3.22. The van der Waals surface area contributed by atoms with Crippen LogP contribution in [0.5, 0.6) is 5.75 Å². The van der Waals surface area contributed by atoms with Crippen molar-refractivity contribution >= 4 is 23.3 Å². The predicted molar refractivity (Wildman–Crippen MR) is 110 cm³/mol. The standard InChI is InChI=1S/C21H26N4O4/c1-14-12-25(13-15(2)29-14)19-9-6-17(10-22-19)24-20(26)11-23-21(27)16-4-7-18(28-3)8-5-16/h4-10,14-15H,11-13H2,1-3H3,(H,23,27)(H,24,26). The summed E-state index contributed by atoms with van der Waals surface area (Å²) in [7, 11) is 1.56. The van der Waals surface area contributed by atoms with Crippen LogP contribution >= 0.6 is 0 Å². The van der Waals surface area contributed by atoms with Crippen LogP contribution < -0.4 is 20.3 Å². The third kappa shape index (κ3) is 5.68. The Bertz CT molecular complexity index is 829. The molecule has 8 heteroatoms. The van der Waals surface area contributed by atoms with Gasteiger partial charge >= 0.3 is 0 Å². The Hall–Kier alpha value is -3.13. The van der Waals surface area contributed by atoms with Crippen LogP contribution in [-0.2, 0) is 9.53 Å². The molecule has 2 N–H and O–H groups in total. The first kappa shape index (κ1) is 20.6. The minimum absolute atomic E-state index is 0.134. The van der Waals surface area contributed by atoms with Gasteiger partial charge < -0.3 is 25.0 Å². The van der Waals surface area contributed by atoms with Crippen molar-refractivity contribution in [2.45, 2.75) is 26.1 Å². The molecule has 8 nitrogen and oxygen atoms in total. The molecule has 1 fully saturated rings. The molecule has 2 aromatic rings. The van der Waals surface area contributed by atoms with Gasteiger partial charge in [-0.25, -0.2) is 4.98 Å². The van der Waals surface area contributed by atoms with E-state index < -0.39 is 0 Å². The van der Waals surface area contributed by atoms with Crippen molar-refractivity contribution in [2.24, 2.45) is 0 Å². The van der Waals surface area contributed by atoms with E-state index in [9.17, 15) is 9.59 Å². The van der Waals surface area contributed by atoms with E-state index in [1.165, 1.54) is 0 Å². The van der Waals surface area contributed by atoms with Crippen LogP contribution in [0.4, 0.5) is 11.5 Å². The first-order chi connectivity index (χ1) is 13.9. The normalized spacial score (nSPS) is 18.8. The lowest BCUT2D eigenvalue weighted by Crippen LogP contribution is -2.45. The van der Waals surface area contributed by atoms with E-state index in [1.54, 1.807) is 43.6 Å². The third-order valence-electron chi connectivity index (χ3n) is 4.54. The molecule has 1 saturated heterocycles. The molecule has 1 aromatic heterocycles. The summed E-state index contributed by atoms with van der Waals surface area (Å²) in [6.45, 7) is 5.50. The molecule has 1 aromatic carbocycles. The SMILES string of the molecule is COc1ccc(C(=O)NCC(=O)Nc2ccc(N3CC(C)OC(C)C3)nc2)cc1. The second-order valence-electron chi connectivity index (χ2n) is 7.03. The number of ether oxygens (including phenoxy) is 2. The van der Waals surface area contributed by atoms with Crippen LogP contribution in [0.3, 0.4) is 0 Å². The highest BCUT2D eigenvalue weighted by Crippen LogP contribution is 2.19. The van der Waals surface area contributed by atoms with E-state index in [0.29, 0.717) is 17.0 Å². The zero-order valence-corrected chi connectivity index (χ0v) is 16.8. The van der Waals surface area contributed by atoms with E-state index in [1.807, 2.05) is 19.9 Å². The highest BCUT2D eigenvalue weighted by atomic mass is 16.5. The molecule has 2 unspecified atom stereocenters. The van der Waals surface area contributed by atoms with Crippen molar-refractivity contribution in [1.29, 1.82) is 0 Å². The van der Waals surface area contributed by atoms with Crippen LogP contribution in [0, 0.1) is 0 Å². The van der Waals surface area contributed by atoms with E-state index in [2.05, 4.69) is 20.5 Å². The molecule has 0 spiro atoms. The molecule has 0 radical (unpaired) electrons. The van der Waals surface area contributed by atoms with Crippen LogP contribution in [0.25, 0.3) is 0 Å². The summed E-state index contributed by atoms with van der Waals surface area (Å²) in [5.41, 5.74) is 1.03. The molecule has 29 heavy (non-hydrogen) atoms. The molecular formula is C21H26N4O4. The van der Waals surface area contributed by atoms with E-state index in [0.717, 1.165) is 18.9 Å². The van der Waals surface area contributed by atoms with Gasteiger partial charge in [0.1, 0.15) is 11.6 Å². The number of nitrogens with one attached hydrogen (secondary N) is 2. The predicted octanol–water partition coefficient (Wildman–Crippen LogP) is 2.07. The van der Waals surface area contributed by atoms with E-state index in [-0.39, 0.29) is 30.6 Å². The van der Waals surface area contributed by atoms with Crippen LogP contribution in [0.2, 0.25) is 0 Å². The number of nitrogens with zero attached hydrogens (tertiary/aromatic N) is 2. The molecule has 2 heterocycles. The number of aromatic nitrogens is 1. The fraction of sp³-hybridized carbons (Fsp3) is 0.381. The van der Waals surface area contributed by atoms with Crippen molar-refractivity contribution in [3.63, 3.8) is 0 Å². The maximum Gasteiger partial charge on any atom is 0.251 e. The average Bonchev–Trinajstić information content (AvgIpc) is 2.72. The summed E-state index contributed by atoms with van der Waals surface area (Å²) < 4.78 is 10.8. The number of carbonyl (C=O) groups excluding carboxylic acids is 2. The molecule has 0 bridgehead atoms. The van der Waals surface area contributed by atoms with Gasteiger partial charge in [0.05, 0.1) is 37.7 Å². The molecule has 0 saturated carbocycles. The number of methoxy groups -OCH3 is 1. The molecule has 154 valence electrons. The monoisotopic (exact) mass is 398 g/mol. The minimum atomic E-state index is -0.327. The Morgan fingerprint density at radius 3 is 2.41 bits per heavy atom. The van der Waals surface area contributed by atoms with Gasteiger partial charge in [-0.05, 0) is 50.2 Å². The Labute approximate surface area is 170 Å². The summed E-state index contributed by atoms with van der Waals surface area (Å²) in [6.07, 6.45) is 1.91. The molecule has 2 amide bonds. The van der Waals surface area contributed by atoms with Gasteiger partial charge in [0.2, 0.25) is 5.91 Å². The highest BCUT2D eigenvalue weighted by Gasteiger charge is 2.23. The quantitative estimate of drug-likeness (QED) is 0.774. The Morgan fingerprint density at radius 1 is 1.14 bits per heavy atom. The van der Waals surface area contributed by atoms with Gasteiger partial charge in [0.15, 0.2) is 0 Å². The first-order valence-electron chi connectivity index (χ1n) is 9.53. The number of hydrogen-bond acceptors (Lipinski definition) is 6. The Morgan fingerprint density at radius 2 is 1.83 bits per heavy atom. The fourth-order valence-corrected chi connectivity index (χ4v) is 3.22. The summed E-state index contributed by atoms with van der Waals surface area (Å²) >= 11 is 0. The minimum Gasteiger partial charge on any atom is -0.497 e. The molecule has 1 aliphatic heterocycles. The summed E-state index contributed by atoms with van der Waals surface area (Å²) in [5.74, 6) is 0.857. The number of pyridine rings is 1. The number of anilines is 2. The first-order valence-corrected chi connectivity index (χ1v) is 9.53. The molecular weight excluding hydrogens is 372 g/mol. The van der Waals surface area contributed by atoms with Crippen molar-refractivity contribution < 1.29 is 19.1 Å². The Balaban J connectivity index is 1.49. The van der Waals surface area contributed by atoms with Crippen molar-refractivity contribution in [1.82, 2.24) is 10.3 Å². The largest absolute Gasteiger partial charge is 0.497 e. The topological polar surface area (TPSA) is 92.8 Å². The number of benzene rings is 1. The van der Waals surface area contributed by atoms with Gasteiger partial charge in [0.25, 0.3) is 5.91 Å². The summed E-state index contributed by atoms with van der Waals surface area (Å²) in [5, 5.41) is 5.33. The van der Waals surface area contributed by atoms with E-state index >= 15 is 0 Å². The number of morpholine rings is 1. The second kappa shape index (κ2) is 9.38. The van der Waals surface area contributed by atoms with Crippen molar-refractivity contribution in [2.75, 3.05) is 37.0 Å². The Kier molecular flexibility index (Phi) is 6.66. The lowest BCUT2D eigenvalue weighted by atomic mass is 10.2. The smallest absolute Gasteiger partial charge is 0.251 e. The second-order valence-corrected chi connectivity index (χ2v) is 7.03. The third-order valence-corrected chi connectivity index (χ3v) is 4.54. The van der Waals surface area contributed by atoms with Gasteiger partial charge in [-0.3, -0.25) is 9.59 Å². The van der Waals surface area contributed by atoms with Crippen LogP contribution in [0.1, 0.15) is 24.2 Å². The van der Waals surface area contributed by atoms with Gasteiger partial charge in [-0.15, -0.1) is 0 Å². The zero-order valence-electron chi connectivity index (χ0n) is 16.8. The summed E-state index contributed by atoms with van der Waals surface area (Å²) in [6, 6.07) is 10.3. The van der Waals surface area contributed by atoms with Crippen LogP contribution in [0.15, 0.2) is 42.6 Å². The number of amides is 2. The molecule has 0 aliphatic carbocycles. The lowest BCUT2D eigenvalue weighted by Gasteiger charge is -2.36. The lowest BCUT2D eigenvalue weighted by molar-refractivity contribution is -0.115. The average molecular weight is 398 g/mol. The van der Waals surface area contributed by atoms with Crippen molar-refractivity contribution in [3.8, 4) is 5.75 Å². The maximum atomic E-state index is 12.1. The number of rotatable bonds is 6. The van der Waals surface area contributed by atoms with Crippen molar-refractivity contribution in [3.05, 3.63) is 48.2 Å². The van der Waals surface area contributed by atoms with E-state index in [4.69, 9.17) is 9.47 Å². The van der Waals surface area contributed by atoms with Gasteiger partial charge in [-0.2, -0.15) is 0 Å². The molecule has 1 aliphatic rings. The van der Waals surface area contributed by atoms with Crippen LogP contribution in [-0.4, -0.2) is 55.8 Å². The summed E-state index contributed by atoms with van der Waals surface area (Å²) in [4.78, 5) is 30.8. The maximum absolute atomic E-state index is 12.1. The molecule has 3 rings (SSSR count). The number of carbonyl (C=O) groups is 2. The number of hydrogen-bond donors (Lipinski definition) is 2. The molecule has 2 atom stereocenters.